The van der Waals surface area contributed by atoms with Crippen molar-refractivity contribution in [1.29, 1.82) is 0 Å². The van der Waals surface area contributed by atoms with Gasteiger partial charge in [-0.2, -0.15) is 5.10 Å². The van der Waals surface area contributed by atoms with Crippen molar-refractivity contribution in [2.24, 2.45) is 5.10 Å². The monoisotopic (exact) mass is 465 g/mol. The first-order valence-electron chi connectivity index (χ1n) is 9.72. The van der Waals surface area contributed by atoms with Crippen molar-refractivity contribution in [3.05, 3.63) is 63.1 Å². The number of thioether (sulfide) groups is 1. The summed E-state index contributed by atoms with van der Waals surface area (Å²) in [5.74, 6) is -2.49. The molecule has 9 nitrogen and oxygen atoms in total. The molecule has 1 aromatic heterocycles. The Bertz CT molecular complexity index is 1160. The van der Waals surface area contributed by atoms with Crippen LogP contribution in [0, 0.1) is 11.6 Å². The summed E-state index contributed by atoms with van der Waals surface area (Å²) in [6, 6.07) is 3.35. The Balaban J connectivity index is 1.57. The van der Waals surface area contributed by atoms with Crippen molar-refractivity contribution in [1.82, 2.24) is 20.0 Å². The molecule has 32 heavy (non-hydrogen) atoms. The molecule has 1 amide bonds. The summed E-state index contributed by atoms with van der Waals surface area (Å²) in [5.41, 5.74) is 2.44. The Morgan fingerprint density at radius 2 is 2.12 bits per heavy atom. The molecule has 0 saturated carbocycles. The summed E-state index contributed by atoms with van der Waals surface area (Å²) >= 11 is 1.19. The predicted octanol–water partition coefficient (Wildman–Crippen LogP) is 1.31. The average molecular weight is 465 g/mol. The highest BCUT2D eigenvalue weighted by Crippen LogP contribution is 2.28. The van der Waals surface area contributed by atoms with Crippen LogP contribution in [0.3, 0.4) is 0 Å². The number of nitrogens with one attached hydrogen (secondary N) is 1. The quantitative estimate of drug-likeness (QED) is 0.664. The number of hydrogen-bond acceptors (Lipinski definition) is 8. The van der Waals surface area contributed by atoms with Crippen LogP contribution in [0.1, 0.15) is 21.6 Å². The molecule has 0 bridgehead atoms. The molecule has 12 heteroatoms. The highest BCUT2D eigenvalue weighted by molar-refractivity contribution is 8.15. The molecule has 2 N–H and O–H groups in total. The van der Waals surface area contributed by atoms with E-state index in [2.05, 4.69) is 10.5 Å². The predicted molar refractivity (Wildman–Crippen MR) is 114 cm³/mol. The minimum atomic E-state index is -0.720. The molecule has 0 fully saturated rings. The van der Waals surface area contributed by atoms with E-state index in [1.165, 1.54) is 46.8 Å². The lowest BCUT2D eigenvalue weighted by atomic mass is 10.1. The number of hydrazone groups is 1. The number of aromatic hydroxyl groups is 1. The number of rotatable bonds is 6. The van der Waals surface area contributed by atoms with Crippen LogP contribution >= 0.6 is 11.8 Å². The van der Waals surface area contributed by atoms with Crippen LogP contribution in [0.15, 0.2) is 34.3 Å². The molecule has 0 spiro atoms. The maximum absolute atomic E-state index is 14.0. The van der Waals surface area contributed by atoms with E-state index in [9.17, 15) is 23.5 Å². The Morgan fingerprint density at radius 3 is 2.84 bits per heavy atom. The van der Waals surface area contributed by atoms with Crippen molar-refractivity contribution in [2.45, 2.75) is 18.5 Å². The fourth-order valence-electron chi connectivity index (χ4n) is 3.58. The summed E-state index contributed by atoms with van der Waals surface area (Å²) in [6.07, 6.45) is 1.69. The zero-order chi connectivity index (χ0) is 23.0. The van der Waals surface area contributed by atoms with Gasteiger partial charge in [0.2, 0.25) is 5.43 Å². The summed E-state index contributed by atoms with van der Waals surface area (Å²) in [6.45, 7) is 0.796. The summed E-state index contributed by atoms with van der Waals surface area (Å²) in [7, 11) is 3.23. The maximum Gasteiger partial charge on any atom is 0.288 e. The van der Waals surface area contributed by atoms with Crippen LogP contribution in [-0.4, -0.2) is 63.3 Å². The normalized spacial score (nSPS) is 18.5. The van der Waals surface area contributed by atoms with Gasteiger partial charge in [0, 0.05) is 32.8 Å². The highest BCUT2D eigenvalue weighted by atomic mass is 32.2. The molecular formula is C20H21F2N5O4S. The Kier molecular flexibility index (Phi) is 6.17. The number of nitrogens with zero attached hydrogens (tertiary/aromatic N) is 4. The van der Waals surface area contributed by atoms with Crippen LogP contribution in [-0.2, 0) is 17.8 Å². The largest absolute Gasteiger partial charge is 0.503 e. The highest BCUT2D eigenvalue weighted by Gasteiger charge is 2.34. The minimum Gasteiger partial charge on any atom is -0.503 e. The smallest absolute Gasteiger partial charge is 0.288 e. The van der Waals surface area contributed by atoms with Gasteiger partial charge in [0.25, 0.3) is 5.91 Å². The van der Waals surface area contributed by atoms with Crippen LogP contribution in [0.4, 0.5) is 8.78 Å². The average Bonchev–Trinajstić information content (AvgIpc) is 3.20. The number of amides is 1. The summed E-state index contributed by atoms with van der Waals surface area (Å²) < 4.78 is 33.6. The molecule has 1 unspecified atom stereocenters. The number of hydrogen-bond donors (Lipinski definition) is 2. The van der Waals surface area contributed by atoms with Crippen molar-refractivity contribution in [3.63, 3.8) is 0 Å². The number of fused-ring (bicyclic) bond motifs is 1. The third kappa shape index (κ3) is 4.08. The number of aromatic nitrogens is 1. The fourth-order valence-corrected chi connectivity index (χ4v) is 4.59. The molecule has 0 radical (unpaired) electrons. The van der Waals surface area contributed by atoms with Gasteiger partial charge in [-0.25, -0.2) is 13.8 Å². The Hall–Kier alpha value is -2.96. The van der Waals surface area contributed by atoms with E-state index in [0.29, 0.717) is 17.2 Å². The second kappa shape index (κ2) is 8.88. The van der Waals surface area contributed by atoms with Gasteiger partial charge in [-0.1, -0.05) is 17.8 Å². The standard InChI is InChI=1S/C20H21F2N5O4S/c1-25-10-26-9-13(17(28)18(29)16(26)20(30)27(25)5-6-31-2)19-24-23-15(32-19)7-11-3-4-12(21)8-14(11)22/h3-4,8-9,15,23,29H,5-7,10H2,1-2H3. The third-order valence-electron chi connectivity index (χ3n) is 5.18. The van der Waals surface area contributed by atoms with Crippen LogP contribution in [0.5, 0.6) is 5.75 Å². The van der Waals surface area contributed by atoms with Crippen LogP contribution in [0.2, 0.25) is 0 Å². The Morgan fingerprint density at radius 1 is 1.34 bits per heavy atom. The van der Waals surface area contributed by atoms with Gasteiger partial charge < -0.3 is 14.4 Å². The number of methoxy groups -OCH3 is 1. The number of hydrazine groups is 1. The van der Waals surface area contributed by atoms with Crippen LogP contribution < -0.4 is 10.9 Å². The van der Waals surface area contributed by atoms with Crippen molar-refractivity contribution in [2.75, 3.05) is 27.3 Å². The lowest BCUT2D eigenvalue weighted by molar-refractivity contribution is -0.0359. The van der Waals surface area contributed by atoms with Gasteiger partial charge in [0.1, 0.15) is 16.7 Å². The van der Waals surface area contributed by atoms with Gasteiger partial charge in [-0.15, -0.1) is 0 Å². The van der Waals surface area contributed by atoms with E-state index >= 15 is 0 Å². The van der Waals surface area contributed by atoms with Gasteiger partial charge in [0.15, 0.2) is 11.4 Å². The van der Waals surface area contributed by atoms with Gasteiger partial charge in [-0.05, 0) is 11.6 Å². The zero-order valence-corrected chi connectivity index (χ0v) is 18.2. The van der Waals surface area contributed by atoms with Crippen molar-refractivity contribution < 1.29 is 23.4 Å². The van der Waals surface area contributed by atoms with E-state index in [1.807, 2.05) is 0 Å². The van der Waals surface area contributed by atoms with Gasteiger partial charge in [0.05, 0.1) is 30.8 Å². The number of ether oxygens (including phenoxy) is 1. The second-order valence-electron chi connectivity index (χ2n) is 7.35. The SMILES string of the molecule is COCCN1C(=O)c2c(O)c(=O)c(C3=NNC(Cc4ccc(F)cc4F)S3)cn2CN1C. The lowest BCUT2D eigenvalue weighted by Crippen LogP contribution is -2.52. The fraction of sp³-hybridized carbons (Fsp3) is 0.350. The topological polar surface area (TPSA) is 99.4 Å². The van der Waals surface area contributed by atoms with Crippen LogP contribution in [0.25, 0.3) is 0 Å². The maximum atomic E-state index is 14.0. The minimum absolute atomic E-state index is 0.102. The molecule has 2 aliphatic rings. The van der Waals surface area contributed by atoms with E-state index in [4.69, 9.17) is 4.74 Å². The van der Waals surface area contributed by atoms with E-state index in [0.717, 1.165) is 6.07 Å². The van der Waals surface area contributed by atoms with Gasteiger partial charge >= 0.3 is 0 Å². The summed E-state index contributed by atoms with van der Waals surface area (Å²) in [4.78, 5) is 25.7. The first-order valence-corrected chi connectivity index (χ1v) is 10.6. The molecule has 4 rings (SSSR count). The number of halogens is 2. The first-order chi connectivity index (χ1) is 15.3. The molecule has 0 aliphatic carbocycles. The molecule has 170 valence electrons. The molecule has 2 aromatic rings. The summed E-state index contributed by atoms with van der Waals surface area (Å²) in [5, 5.41) is 17.7. The van der Waals surface area contributed by atoms with Gasteiger partial charge in [-0.3, -0.25) is 20.0 Å². The van der Waals surface area contributed by atoms with Crippen molar-refractivity contribution in [3.8, 4) is 5.75 Å². The lowest BCUT2D eigenvalue weighted by Gasteiger charge is -2.37. The number of carbonyl (C=O) groups excluding carboxylic acids is 1. The molecule has 3 heterocycles. The zero-order valence-electron chi connectivity index (χ0n) is 17.3. The van der Waals surface area contributed by atoms with E-state index < -0.39 is 28.7 Å². The third-order valence-corrected chi connectivity index (χ3v) is 6.28. The number of carbonyl (C=O) groups is 1. The van der Waals surface area contributed by atoms with E-state index in [1.54, 1.807) is 12.1 Å². The molecular weight excluding hydrogens is 444 g/mol. The number of benzene rings is 1. The van der Waals surface area contributed by atoms with E-state index in [-0.39, 0.29) is 36.3 Å². The molecule has 2 aliphatic heterocycles. The van der Waals surface area contributed by atoms with Crippen molar-refractivity contribution >= 4 is 22.7 Å². The molecule has 0 saturated heterocycles. The second-order valence-corrected chi connectivity index (χ2v) is 8.54. The Labute approximate surface area is 186 Å². The molecule has 1 aromatic carbocycles. The number of pyridine rings is 1. The first kappa shape index (κ1) is 22.2. The molecule has 1 atom stereocenters.